The van der Waals surface area contributed by atoms with Gasteiger partial charge in [-0.3, -0.25) is 11.3 Å². The van der Waals surface area contributed by atoms with Crippen molar-refractivity contribution in [1.29, 1.82) is 0 Å². The Morgan fingerprint density at radius 2 is 2.14 bits per heavy atom. The van der Waals surface area contributed by atoms with Crippen LogP contribution in [0.1, 0.15) is 37.3 Å². The fourth-order valence-corrected chi connectivity index (χ4v) is 4.39. The highest BCUT2D eigenvalue weighted by atomic mass is 35.5. The summed E-state index contributed by atoms with van der Waals surface area (Å²) in [4.78, 5) is 0. The zero-order chi connectivity index (χ0) is 15.6. The highest BCUT2D eigenvalue weighted by molar-refractivity contribution is 7.91. The van der Waals surface area contributed by atoms with E-state index in [0.29, 0.717) is 18.4 Å². The summed E-state index contributed by atoms with van der Waals surface area (Å²) >= 11 is 5.69. The molecule has 1 aromatic rings. The Balaban J connectivity index is 2.22. The van der Waals surface area contributed by atoms with Gasteiger partial charge in [0.2, 0.25) is 0 Å². The summed E-state index contributed by atoms with van der Waals surface area (Å²) in [5, 5.41) is -0.281. The molecule has 0 aromatic heterocycles. The van der Waals surface area contributed by atoms with Crippen LogP contribution in [0.5, 0.6) is 0 Å². The summed E-state index contributed by atoms with van der Waals surface area (Å²) < 4.78 is 37.1. The monoisotopic (exact) mass is 334 g/mol. The number of halogens is 2. The predicted molar refractivity (Wildman–Crippen MR) is 82.1 cm³/mol. The van der Waals surface area contributed by atoms with Crippen molar-refractivity contribution in [2.24, 2.45) is 11.8 Å². The molecule has 21 heavy (non-hydrogen) atoms. The Labute approximate surface area is 129 Å². The highest BCUT2D eigenvalue weighted by Crippen LogP contribution is 2.37. The zero-order valence-electron chi connectivity index (χ0n) is 11.9. The van der Waals surface area contributed by atoms with Crippen LogP contribution >= 0.6 is 11.6 Å². The second kappa shape index (κ2) is 6.60. The third-order valence-electron chi connectivity index (χ3n) is 4.23. The third kappa shape index (κ3) is 3.94. The van der Waals surface area contributed by atoms with Gasteiger partial charge in [-0.1, -0.05) is 24.1 Å². The molecule has 1 aliphatic rings. The molecule has 4 nitrogen and oxygen atoms in total. The van der Waals surface area contributed by atoms with Crippen molar-refractivity contribution < 1.29 is 12.8 Å². The molecule has 3 unspecified atom stereocenters. The molecular weight excluding hydrogens is 315 g/mol. The molecule has 1 aliphatic carbocycles. The Morgan fingerprint density at radius 1 is 1.43 bits per heavy atom. The average molecular weight is 335 g/mol. The van der Waals surface area contributed by atoms with E-state index in [2.05, 4.69) is 5.43 Å². The molecule has 3 atom stereocenters. The van der Waals surface area contributed by atoms with Crippen LogP contribution < -0.4 is 11.3 Å². The second-order valence-corrected chi connectivity index (χ2v) is 8.43. The lowest BCUT2D eigenvalue weighted by atomic mass is 9.81. The molecule has 2 rings (SSSR count). The van der Waals surface area contributed by atoms with E-state index in [9.17, 15) is 12.8 Å². The number of nitrogens with one attached hydrogen (secondary N) is 1. The minimum absolute atomic E-state index is 0.0593. The SMILES string of the molecule is CS(=O)(=O)C1CCCC(C(NN)c2ccc(Cl)c(F)c2)C1. The van der Waals surface area contributed by atoms with Crippen molar-refractivity contribution in [2.75, 3.05) is 6.26 Å². The van der Waals surface area contributed by atoms with Crippen molar-refractivity contribution in [3.8, 4) is 0 Å². The van der Waals surface area contributed by atoms with Gasteiger partial charge in [0.25, 0.3) is 0 Å². The maximum atomic E-state index is 13.6. The third-order valence-corrected chi connectivity index (χ3v) is 6.17. The normalized spacial score (nSPS) is 24.8. The number of hydrogen-bond donors (Lipinski definition) is 2. The number of nitrogens with two attached hydrogens (primary N) is 1. The number of hydrogen-bond acceptors (Lipinski definition) is 4. The lowest BCUT2D eigenvalue weighted by Crippen LogP contribution is -2.38. The van der Waals surface area contributed by atoms with Crippen LogP contribution in [0.15, 0.2) is 18.2 Å². The minimum atomic E-state index is -3.06. The summed E-state index contributed by atoms with van der Waals surface area (Å²) in [6.07, 6.45) is 4.19. The molecule has 118 valence electrons. The first-order valence-corrected chi connectivity index (χ1v) is 9.26. The Kier molecular flexibility index (Phi) is 5.24. The largest absolute Gasteiger partial charge is 0.271 e. The van der Waals surface area contributed by atoms with Crippen LogP contribution in [0.4, 0.5) is 4.39 Å². The van der Waals surface area contributed by atoms with Crippen LogP contribution in [-0.4, -0.2) is 19.9 Å². The van der Waals surface area contributed by atoms with E-state index >= 15 is 0 Å². The van der Waals surface area contributed by atoms with E-state index in [1.54, 1.807) is 6.07 Å². The number of rotatable bonds is 4. The quantitative estimate of drug-likeness (QED) is 0.655. The van der Waals surface area contributed by atoms with Gasteiger partial charge in [0, 0.05) is 12.3 Å². The van der Waals surface area contributed by atoms with Crippen LogP contribution in [0.3, 0.4) is 0 Å². The maximum absolute atomic E-state index is 13.6. The molecule has 7 heteroatoms. The molecule has 0 heterocycles. The van der Waals surface area contributed by atoms with Crippen molar-refractivity contribution in [3.63, 3.8) is 0 Å². The summed E-state index contributed by atoms with van der Waals surface area (Å²) in [7, 11) is -3.06. The lowest BCUT2D eigenvalue weighted by Gasteiger charge is -2.33. The Morgan fingerprint density at radius 3 is 2.71 bits per heavy atom. The van der Waals surface area contributed by atoms with Crippen molar-refractivity contribution in [2.45, 2.75) is 37.0 Å². The number of benzene rings is 1. The Bertz CT molecular complexity index is 609. The smallest absolute Gasteiger partial charge is 0.150 e. The first-order valence-electron chi connectivity index (χ1n) is 6.93. The zero-order valence-corrected chi connectivity index (χ0v) is 13.4. The molecule has 0 radical (unpaired) electrons. The van der Waals surface area contributed by atoms with Gasteiger partial charge in [-0.15, -0.1) is 0 Å². The molecule has 1 fully saturated rings. The molecule has 1 aromatic carbocycles. The molecule has 0 spiro atoms. The first-order chi connectivity index (χ1) is 9.82. The van der Waals surface area contributed by atoms with Gasteiger partial charge >= 0.3 is 0 Å². The van der Waals surface area contributed by atoms with E-state index in [0.717, 1.165) is 12.8 Å². The van der Waals surface area contributed by atoms with Gasteiger partial charge in [0.15, 0.2) is 0 Å². The average Bonchev–Trinajstić information content (AvgIpc) is 2.43. The van der Waals surface area contributed by atoms with Crippen molar-refractivity contribution in [3.05, 3.63) is 34.6 Å². The predicted octanol–water partition coefficient (Wildman–Crippen LogP) is 2.59. The Hall–Kier alpha value is -0.690. The van der Waals surface area contributed by atoms with Crippen LogP contribution in [0.25, 0.3) is 0 Å². The van der Waals surface area contributed by atoms with E-state index in [4.69, 9.17) is 17.4 Å². The van der Waals surface area contributed by atoms with E-state index in [1.807, 2.05) is 0 Å². The van der Waals surface area contributed by atoms with Crippen LogP contribution in [-0.2, 0) is 9.84 Å². The van der Waals surface area contributed by atoms with E-state index in [1.165, 1.54) is 18.4 Å². The molecule has 0 saturated heterocycles. The van der Waals surface area contributed by atoms with Crippen LogP contribution in [0, 0.1) is 11.7 Å². The van der Waals surface area contributed by atoms with E-state index in [-0.39, 0.29) is 22.2 Å². The van der Waals surface area contributed by atoms with Crippen LogP contribution in [0.2, 0.25) is 5.02 Å². The molecule has 1 saturated carbocycles. The molecule has 3 N–H and O–H groups in total. The highest BCUT2D eigenvalue weighted by Gasteiger charge is 2.33. The first kappa shape index (κ1) is 16.7. The van der Waals surface area contributed by atoms with Gasteiger partial charge in [-0.25, -0.2) is 12.8 Å². The molecular formula is C14H20ClFN2O2S. The minimum Gasteiger partial charge on any atom is -0.271 e. The molecule has 0 amide bonds. The van der Waals surface area contributed by atoms with Crippen molar-refractivity contribution >= 4 is 21.4 Å². The topological polar surface area (TPSA) is 72.2 Å². The summed E-state index contributed by atoms with van der Waals surface area (Å²) in [6, 6.07) is 4.30. The lowest BCUT2D eigenvalue weighted by molar-refractivity contribution is 0.274. The summed E-state index contributed by atoms with van der Waals surface area (Å²) in [5.41, 5.74) is 3.40. The van der Waals surface area contributed by atoms with Gasteiger partial charge < -0.3 is 0 Å². The van der Waals surface area contributed by atoms with Gasteiger partial charge in [-0.2, -0.15) is 0 Å². The molecule has 0 aliphatic heterocycles. The summed E-state index contributed by atoms with van der Waals surface area (Å²) in [5.74, 6) is 5.19. The second-order valence-electron chi connectivity index (χ2n) is 5.70. The standard InChI is InChI=1S/C14H20ClFN2O2S/c1-21(19,20)11-4-2-3-9(7-11)14(18-17)10-5-6-12(15)13(16)8-10/h5-6,8-9,11,14,18H,2-4,7,17H2,1H3. The van der Waals surface area contributed by atoms with Gasteiger partial charge in [0.05, 0.1) is 10.3 Å². The molecule has 0 bridgehead atoms. The van der Waals surface area contributed by atoms with Gasteiger partial charge in [-0.05, 0) is 42.9 Å². The summed E-state index contributed by atoms with van der Waals surface area (Å²) in [6.45, 7) is 0. The van der Waals surface area contributed by atoms with Crippen molar-refractivity contribution in [1.82, 2.24) is 5.43 Å². The number of sulfone groups is 1. The fraction of sp³-hybridized carbons (Fsp3) is 0.571. The number of hydrazine groups is 1. The van der Waals surface area contributed by atoms with E-state index < -0.39 is 15.7 Å². The fourth-order valence-electron chi connectivity index (χ4n) is 3.08. The van der Waals surface area contributed by atoms with Gasteiger partial charge in [0.1, 0.15) is 15.7 Å². The maximum Gasteiger partial charge on any atom is 0.150 e.